The Kier molecular flexibility index (Phi) is 3.92. The van der Waals surface area contributed by atoms with E-state index in [1.54, 1.807) is 11.3 Å². The SMILES string of the molecule is Cc1ccc(Cc2nc(C)c(CCN)s2)cc1. The van der Waals surface area contributed by atoms with Crippen molar-refractivity contribution in [2.45, 2.75) is 26.7 Å². The molecule has 0 aliphatic carbocycles. The zero-order valence-electron chi connectivity index (χ0n) is 10.4. The Hall–Kier alpha value is -1.19. The number of hydrogen-bond donors (Lipinski definition) is 1. The average Bonchev–Trinajstić information content (AvgIpc) is 2.63. The van der Waals surface area contributed by atoms with Gasteiger partial charge in [-0.3, -0.25) is 0 Å². The first-order valence-electron chi connectivity index (χ1n) is 5.90. The van der Waals surface area contributed by atoms with Crippen molar-refractivity contribution in [1.29, 1.82) is 0 Å². The molecule has 2 N–H and O–H groups in total. The van der Waals surface area contributed by atoms with E-state index in [-0.39, 0.29) is 0 Å². The highest BCUT2D eigenvalue weighted by Crippen LogP contribution is 2.21. The van der Waals surface area contributed by atoms with E-state index in [0.717, 1.165) is 18.5 Å². The van der Waals surface area contributed by atoms with Gasteiger partial charge < -0.3 is 5.73 Å². The molecule has 0 bridgehead atoms. The van der Waals surface area contributed by atoms with Crippen molar-refractivity contribution < 1.29 is 0 Å². The molecule has 1 heterocycles. The van der Waals surface area contributed by atoms with Crippen LogP contribution in [0.1, 0.15) is 26.7 Å². The summed E-state index contributed by atoms with van der Waals surface area (Å²) in [6, 6.07) is 8.65. The number of thiazole rings is 1. The summed E-state index contributed by atoms with van der Waals surface area (Å²) < 4.78 is 0. The molecule has 3 heteroatoms. The molecule has 2 rings (SSSR count). The maximum atomic E-state index is 5.59. The summed E-state index contributed by atoms with van der Waals surface area (Å²) in [6.07, 6.45) is 1.87. The molecule has 0 aliphatic heterocycles. The lowest BCUT2D eigenvalue weighted by Gasteiger charge is -1.98. The summed E-state index contributed by atoms with van der Waals surface area (Å²) in [5.41, 5.74) is 9.35. The topological polar surface area (TPSA) is 38.9 Å². The molecular formula is C14H18N2S. The van der Waals surface area contributed by atoms with E-state index in [2.05, 4.69) is 43.1 Å². The lowest BCUT2D eigenvalue weighted by atomic mass is 10.1. The van der Waals surface area contributed by atoms with Gasteiger partial charge in [-0.25, -0.2) is 4.98 Å². The Balaban J connectivity index is 2.13. The van der Waals surface area contributed by atoms with Gasteiger partial charge in [-0.2, -0.15) is 0 Å². The van der Waals surface area contributed by atoms with Crippen molar-refractivity contribution in [1.82, 2.24) is 4.98 Å². The Morgan fingerprint density at radius 3 is 2.53 bits per heavy atom. The van der Waals surface area contributed by atoms with E-state index in [1.807, 2.05) is 0 Å². The van der Waals surface area contributed by atoms with Crippen LogP contribution in [-0.4, -0.2) is 11.5 Å². The fourth-order valence-corrected chi connectivity index (χ4v) is 2.93. The molecule has 0 spiro atoms. The second-order valence-electron chi connectivity index (χ2n) is 4.32. The molecule has 0 fully saturated rings. The zero-order valence-corrected chi connectivity index (χ0v) is 11.2. The zero-order chi connectivity index (χ0) is 12.3. The largest absolute Gasteiger partial charge is 0.330 e. The van der Waals surface area contributed by atoms with Crippen LogP contribution in [0.15, 0.2) is 24.3 Å². The van der Waals surface area contributed by atoms with Gasteiger partial charge in [0, 0.05) is 11.3 Å². The van der Waals surface area contributed by atoms with E-state index in [4.69, 9.17) is 5.73 Å². The average molecular weight is 246 g/mol. The van der Waals surface area contributed by atoms with Crippen LogP contribution in [0.5, 0.6) is 0 Å². The monoisotopic (exact) mass is 246 g/mol. The third kappa shape index (κ3) is 3.14. The Bertz CT molecular complexity index is 485. The number of nitrogens with two attached hydrogens (primary N) is 1. The van der Waals surface area contributed by atoms with Crippen LogP contribution >= 0.6 is 11.3 Å². The number of nitrogens with zero attached hydrogens (tertiary/aromatic N) is 1. The molecular weight excluding hydrogens is 228 g/mol. The molecule has 17 heavy (non-hydrogen) atoms. The number of benzene rings is 1. The summed E-state index contributed by atoms with van der Waals surface area (Å²) >= 11 is 1.79. The third-order valence-corrected chi connectivity index (χ3v) is 4.00. The molecule has 1 aromatic heterocycles. The molecule has 2 nitrogen and oxygen atoms in total. The van der Waals surface area contributed by atoms with Gasteiger partial charge in [-0.1, -0.05) is 29.8 Å². The number of rotatable bonds is 4. The summed E-state index contributed by atoms with van der Waals surface area (Å²) in [5, 5.41) is 1.19. The first kappa shape index (κ1) is 12.3. The van der Waals surface area contributed by atoms with Gasteiger partial charge in [0.1, 0.15) is 0 Å². The van der Waals surface area contributed by atoms with Crippen molar-refractivity contribution >= 4 is 11.3 Å². The van der Waals surface area contributed by atoms with Crippen molar-refractivity contribution in [2.24, 2.45) is 5.73 Å². The van der Waals surface area contributed by atoms with E-state index < -0.39 is 0 Å². The van der Waals surface area contributed by atoms with Crippen molar-refractivity contribution in [3.63, 3.8) is 0 Å². The van der Waals surface area contributed by atoms with Gasteiger partial charge in [0.2, 0.25) is 0 Å². The minimum absolute atomic E-state index is 0.701. The van der Waals surface area contributed by atoms with Gasteiger partial charge in [-0.15, -0.1) is 11.3 Å². The standard InChI is InChI=1S/C14H18N2S/c1-10-3-5-12(6-4-10)9-14-16-11(2)13(17-14)7-8-15/h3-6H,7-9,15H2,1-2H3. The summed E-state index contributed by atoms with van der Waals surface area (Å²) in [6.45, 7) is 4.88. The summed E-state index contributed by atoms with van der Waals surface area (Å²) in [5.74, 6) is 0. The Labute approximate surface area is 107 Å². The van der Waals surface area contributed by atoms with E-state index in [1.165, 1.54) is 21.0 Å². The highest BCUT2D eigenvalue weighted by Gasteiger charge is 2.07. The summed E-state index contributed by atoms with van der Waals surface area (Å²) in [7, 11) is 0. The number of aryl methyl sites for hydroxylation is 2. The molecule has 0 saturated carbocycles. The van der Waals surface area contributed by atoms with Crippen LogP contribution in [-0.2, 0) is 12.8 Å². The van der Waals surface area contributed by atoms with Gasteiger partial charge in [0.05, 0.1) is 10.7 Å². The van der Waals surface area contributed by atoms with E-state index in [9.17, 15) is 0 Å². The fraction of sp³-hybridized carbons (Fsp3) is 0.357. The predicted molar refractivity (Wildman–Crippen MR) is 73.6 cm³/mol. The predicted octanol–water partition coefficient (Wildman–Crippen LogP) is 2.85. The van der Waals surface area contributed by atoms with Gasteiger partial charge in [0.15, 0.2) is 0 Å². The minimum Gasteiger partial charge on any atom is -0.330 e. The quantitative estimate of drug-likeness (QED) is 0.901. The van der Waals surface area contributed by atoms with Crippen molar-refractivity contribution in [3.05, 3.63) is 51.0 Å². The summed E-state index contributed by atoms with van der Waals surface area (Å²) in [4.78, 5) is 5.94. The molecule has 90 valence electrons. The second-order valence-corrected chi connectivity index (χ2v) is 5.49. The number of aromatic nitrogens is 1. The van der Waals surface area contributed by atoms with Crippen molar-refractivity contribution in [3.8, 4) is 0 Å². The lowest BCUT2D eigenvalue weighted by molar-refractivity contribution is 0.966. The normalized spacial score (nSPS) is 10.8. The smallest absolute Gasteiger partial charge is 0.0974 e. The van der Waals surface area contributed by atoms with E-state index >= 15 is 0 Å². The highest BCUT2D eigenvalue weighted by molar-refractivity contribution is 7.11. The van der Waals surface area contributed by atoms with Crippen LogP contribution in [0, 0.1) is 13.8 Å². The first-order valence-corrected chi connectivity index (χ1v) is 6.71. The Morgan fingerprint density at radius 2 is 1.88 bits per heavy atom. The highest BCUT2D eigenvalue weighted by atomic mass is 32.1. The van der Waals surface area contributed by atoms with Crippen LogP contribution < -0.4 is 5.73 Å². The van der Waals surface area contributed by atoms with Crippen molar-refractivity contribution in [2.75, 3.05) is 6.54 Å². The third-order valence-electron chi connectivity index (χ3n) is 2.78. The van der Waals surface area contributed by atoms with Crippen LogP contribution in [0.2, 0.25) is 0 Å². The maximum absolute atomic E-state index is 5.59. The lowest BCUT2D eigenvalue weighted by Crippen LogP contribution is -2.01. The van der Waals surface area contributed by atoms with Gasteiger partial charge in [-0.05, 0) is 32.4 Å². The molecule has 0 unspecified atom stereocenters. The molecule has 0 atom stereocenters. The minimum atomic E-state index is 0.701. The molecule has 0 saturated heterocycles. The fourth-order valence-electron chi connectivity index (χ4n) is 1.81. The number of hydrogen-bond acceptors (Lipinski definition) is 3. The maximum Gasteiger partial charge on any atom is 0.0974 e. The molecule has 0 amide bonds. The first-order chi connectivity index (χ1) is 8.19. The molecule has 0 radical (unpaired) electrons. The van der Waals surface area contributed by atoms with Crippen LogP contribution in [0.4, 0.5) is 0 Å². The van der Waals surface area contributed by atoms with Crippen LogP contribution in [0.3, 0.4) is 0 Å². The van der Waals surface area contributed by atoms with Crippen LogP contribution in [0.25, 0.3) is 0 Å². The van der Waals surface area contributed by atoms with E-state index in [0.29, 0.717) is 6.54 Å². The second kappa shape index (κ2) is 5.43. The van der Waals surface area contributed by atoms with Gasteiger partial charge >= 0.3 is 0 Å². The molecule has 0 aliphatic rings. The molecule has 1 aromatic carbocycles. The molecule has 2 aromatic rings. The van der Waals surface area contributed by atoms with Gasteiger partial charge in [0.25, 0.3) is 0 Å². The Morgan fingerprint density at radius 1 is 1.18 bits per heavy atom.